The highest BCUT2D eigenvalue weighted by atomic mass is 16.3. The van der Waals surface area contributed by atoms with Gasteiger partial charge in [-0.1, -0.05) is 26.2 Å². The molecule has 5 N–H and O–H groups in total. The minimum Gasteiger partial charge on any atom is -0.394 e. The van der Waals surface area contributed by atoms with Gasteiger partial charge in [0.05, 0.1) is 18.9 Å². The molecule has 34 heavy (non-hydrogen) atoms. The van der Waals surface area contributed by atoms with Crippen LogP contribution in [0.15, 0.2) is 24.4 Å². The maximum atomic E-state index is 7.62. The van der Waals surface area contributed by atoms with Crippen LogP contribution >= 0.6 is 0 Å². The van der Waals surface area contributed by atoms with E-state index in [0.29, 0.717) is 5.82 Å². The second-order valence-corrected chi connectivity index (χ2v) is 8.74. The molecule has 4 heterocycles. The van der Waals surface area contributed by atoms with Gasteiger partial charge in [-0.15, -0.1) is 5.10 Å². The largest absolute Gasteiger partial charge is 0.394 e. The molecule has 4 aromatic rings. The smallest absolute Gasteiger partial charge is 0.240 e. The van der Waals surface area contributed by atoms with Crippen LogP contribution < -0.4 is 11.1 Å². The van der Waals surface area contributed by atoms with Crippen molar-refractivity contribution in [1.29, 1.82) is 0 Å². The van der Waals surface area contributed by atoms with Gasteiger partial charge < -0.3 is 25.8 Å². The highest BCUT2D eigenvalue weighted by Crippen LogP contribution is 2.30. The molecular weight excluding hydrogens is 432 g/mol. The second-order valence-electron chi connectivity index (χ2n) is 8.74. The maximum absolute atomic E-state index is 7.62. The van der Waals surface area contributed by atoms with Crippen molar-refractivity contribution in [2.45, 2.75) is 53.0 Å². The molecular formula is C24H36N8O2. The number of hydrogen-bond donors (Lipinski definition) is 4. The number of pyridine rings is 1. The van der Waals surface area contributed by atoms with Crippen LogP contribution in [0, 0.1) is 12.8 Å². The van der Waals surface area contributed by atoms with Crippen molar-refractivity contribution in [3.05, 3.63) is 30.2 Å². The molecule has 5 rings (SSSR count). The first-order valence-corrected chi connectivity index (χ1v) is 11.7. The number of aliphatic hydroxyl groups is 2. The van der Waals surface area contributed by atoms with Crippen LogP contribution in [-0.4, -0.2) is 59.6 Å². The summed E-state index contributed by atoms with van der Waals surface area (Å²) in [4.78, 5) is 13.8. The summed E-state index contributed by atoms with van der Waals surface area (Å²) in [5, 5.41) is 22.6. The van der Waals surface area contributed by atoms with E-state index in [4.69, 9.17) is 20.9 Å². The Kier molecular flexibility index (Phi) is 8.41. The summed E-state index contributed by atoms with van der Waals surface area (Å²) < 4.78 is 3.87. The molecule has 0 radical (unpaired) electrons. The summed E-state index contributed by atoms with van der Waals surface area (Å²) >= 11 is 0. The van der Waals surface area contributed by atoms with Gasteiger partial charge in [0.2, 0.25) is 5.95 Å². The second kappa shape index (κ2) is 11.3. The molecule has 10 nitrogen and oxygen atoms in total. The lowest BCUT2D eigenvalue weighted by Crippen LogP contribution is -2.06. The summed E-state index contributed by atoms with van der Waals surface area (Å²) in [5.41, 5.74) is 10.2. The van der Waals surface area contributed by atoms with Gasteiger partial charge in [0.15, 0.2) is 11.5 Å². The zero-order valence-corrected chi connectivity index (χ0v) is 20.7. The fourth-order valence-electron chi connectivity index (χ4n) is 3.89. The van der Waals surface area contributed by atoms with Gasteiger partial charge in [-0.2, -0.15) is 4.98 Å². The number of imidazole rings is 1. The van der Waals surface area contributed by atoms with E-state index in [1.54, 1.807) is 4.52 Å². The maximum Gasteiger partial charge on any atom is 0.240 e. The van der Waals surface area contributed by atoms with Crippen LogP contribution in [-0.2, 0) is 0 Å². The number of aryl methyl sites for hydroxylation is 1. The standard InChI is InChI=1S/C17H20N8.C5H10.C2H6O2/c1-9(2)25-10(3)20-13-6-5-12(21-16(13)25)11-7-8-24-14(11)15(19-4)22-17(18)23-24;1-5-3-2-4-5;3-1-2-4/h5-9H,1-4H3,(H3,18,19,22,23);5H,2-4H2,1H3;3-4H,1-2H2. The number of aliphatic hydroxyl groups excluding tert-OH is 2. The van der Waals surface area contributed by atoms with Crippen LogP contribution in [0.3, 0.4) is 0 Å². The molecule has 0 unspecified atom stereocenters. The zero-order chi connectivity index (χ0) is 24.8. The van der Waals surface area contributed by atoms with Crippen molar-refractivity contribution in [3.8, 4) is 11.3 Å². The molecule has 0 atom stereocenters. The van der Waals surface area contributed by atoms with Gasteiger partial charge in [-0.3, -0.25) is 0 Å². The molecule has 1 saturated carbocycles. The van der Waals surface area contributed by atoms with Gasteiger partial charge in [0.1, 0.15) is 16.9 Å². The van der Waals surface area contributed by atoms with Crippen molar-refractivity contribution in [1.82, 2.24) is 29.1 Å². The van der Waals surface area contributed by atoms with Crippen LogP contribution in [0.5, 0.6) is 0 Å². The quantitative estimate of drug-likeness (QED) is 0.357. The molecule has 0 bridgehead atoms. The first-order valence-electron chi connectivity index (χ1n) is 11.7. The number of aromatic nitrogens is 6. The summed E-state index contributed by atoms with van der Waals surface area (Å²) in [7, 11) is 1.81. The Bertz CT molecular complexity index is 1220. The van der Waals surface area contributed by atoms with Crippen LogP contribution in [0.1, 0.15) is 51.9 Å². The number of nitrogens with one attached hydrogen (secondary N) is 1. The molecule has 0 saturated heterocycles. The third-order valence-corrected chi connectivity index (χ3v) is 5.76. The third kappa shape index (κ3) is 5.45. The number of rotatable bonds is 4. The average molecular weight is 469 g/mol. The predicted octanol–water partition coefficient (Wildman–Crippen LogP) is 3.43. The molecule has 184 valence electrons. The molecule has 1 aliphatic carbocycles. The van der Waals surface area contributed by atoms with E-state index >= 15 is 0 Å². The van der Waals surface area contributed by atoms with Crippen LogP contribution in [0.4, 0.5) is 11.8 Å². The average Bonchev–Trinajstić information content (AvgIpc) is 3.37. The van der Waals surface area contributed by atoms with Gasteiger partial charge >= 0.3 is 0 Å². The number of anilines is 2. The van der Waals surface area contributed by atoms with E-state index in [2.05, 4.69) is 45.7 Å². The number of hydrogen-bond acceptors (Lipinski definition) is 8. The number of nitrogen functional groups attached to an aromatic ring is 1. The zero-order valence-electron chi connectivity index (χ0n) is 20.7. The number of fused-ring (bicyclic) bond motifs is 2. The summed E-state index contributed by atoms with van der Waals surface area (Å²) in [5.74, 6) is 2.91. The third-order valence-electron chi connectivity index (χ3n) is 5.76. The molecule has 0 aliphatic heterocycles. The van der Waals surface area contributed by atoms with E-state index in [9.17, 15) is 0 Å². The fourth-order valence-corrected chi connectivity index (χ4v) is 3.89. The highest BCUT2D eigenvalue weighted by molar-refractivity contribution is 5.89. The van der Waals surface area contributed by atoms with Gasteiger partial charge in [0, 0.05) is 24.8 Å². The van der Waals surface area contributed by atoms with E-state index in [1.807, 2.05) is 38.4 Å². The first kappa shape index (κ1) is 25.4. The highest BCUT2D eigenvalue weighted by Gasteiger charge is 2.17. The van der Waals surface area contributed by atoms with Crippen molar-refractivity contribution in [2.75, 3.05) is 31.3 Å². The first-order chi connectivity index (χ1) is 16.3. The Hall–Kier alpha value is -3.24. The van der Waals surface area contributed by atoms with Gasteiger partial charge in [0.25, 0.3) is 0 Å². The van der Waals surface area contributed by atoms with Gasteiger partial charge in [-0.25, -0.2) is 14.5 Å². The summed E-state index contributed by atoms with van der Waals surface area (Å²) in [6, 6.07) is 6.24. The Morgan fingerprint density at radius 2 is 1.79 bits per heavy atom. The van der Waals surface area contributed by atoms with E-state index < -0.39 is 0 Å². The monoisotopic (exact) mass is 468 g/mol. The molecule has 0 aromatic carbocycles. The Morgan fingerprint density at radius 1 is 1.12 bits per heavy atom. The number of nitrogens with zero attached hydrogens (tertiary/aromatic N) is 6. The summed E-state index contributed by atoms with van der Waals surface area (Å²) in [6.07, 6.45) is 6.32. The lowest BCUT2D eigenvalue weighted by atomic mass is 9.88. The molecule has 10 heteroatoms. The van der Waals surface area contributed by atoms with Crippen molar-refractivity contribution in [2.24, 2.45) is 5.92 Å². The topological polar surface area (TPSA) is 139 Å². The Labute approximate surface area is 199 Å². The minimum absolute atomic E-state index is 0.125. The molecule has 4 aromatic heterocycles. The molecule has 0 amide bonds. The Balaban J connectivity index is 0.000000305. The van der Waals surface area contributed by atoms with Gasteiger partial charge in [-0.05, 0) is 44.9 Å². The predicted molar refractivity (Wildman–Crippen MR) is 136 cm³/mol. The van der Waals surface area contributed by atoms with E-state index in [0.717, 1.165) is 39.7 Å². The summed E-state index contributed by atoms with van der Waals surface area (Å²) in [6.45, 7) is 8.33. The minimum atomic E-state index is -0.125. The number of nitrogens with two attached hydrogens (primary N) is 1. The Morgan fingerprint density at radius 3 is 2.32 bits per heavy atom. The van der Waals surface area contributed by atoms with Crippen molar-refractivity contribution < 1.29 is 10.2 Å². The van der Waals surface area contributed by atoms with E-state index in [-0.39, 0.29) is 25.2 Å². The fraction of sp³-hybridized carbons (Fsp3) is 0.500. The van der Waals surface area contributed by atoms with E-state index in [1.165, 1.54) is 19.3 Å². The van der Waals surface area contributed by atoms with Crippen molar-refractivity contribution >= 4 is 28.4 Å². The SMILES string of the molecule is CC1CCC1.CNc1nc(N)nn2ccc(-c3ccc4nc(C)n(C(C)C)c4n3)c12.OCCO. The lowest BCUT2D eigenvalue weighted by Gasteiger charge is -2.18. The molecule has 1 fully saturated rings. The van der Waals surface area contributed by atoms with Crippen LogP contribution in [0.25, 0.3) is 27.9 Å². The van der Waals surface area contributed by atoms with Crippen LogP contribution in [0.2, 0.25) is 0 Å². The lowest BCUT2D eigenvalue weighted by molar-refractivity contribution is 0.186. The normalized spacial score (nSPS) is 13.3. The molecule has 0 spiro atoms. The molecule has 1 aliphatic rings. The van der Waals surface area contributed by atoms with Crippen molar-refractivity contribution in [3.63, 3.8) is 0 Å².